The lowest BCUT2D eigenvalue weighted by Crippen LogP contribution is -2.30. The first-order valence-corrected chi connectivity index (χ1v) is 8.06. The Morgan fingerprint density at radius 3 is 3.04 bits per heavy atom. The van der Waals surface area contributed by atoms with Gasteiger partial charge >= 0.3 is 6.03 Å². The van der Waals surface area contributed by atoms with E-state index >= 15 is 0 Å². The number of nitrogens with one attached hydrogen (secondary N) is 2. The van der Waals surface area contributed by atoms with Crippen LogP contribution in [0.3, 0.4) is 0 Å². The number of pyridine rings is 1. The lowest BCUT2D eigenvalue weighted by atomic mass is 10.4. The highest BCUT2D eigenvalue weighted by molar-refractivity contribution is 9.10. The summed E-state index contributed by atoms with van der Waals surface area (Å²) in [6.45, 7) is 2.44. The van der Waals surface area contributed by atoms with E-state index in [1.54, 1.807) is 12.4 Å². The van der Waals surface area contributed by atoms with E-state index < -0.39 is 0 Å². The first-order valence-electron chi connectivity index (χ1n) is 7.26. The Hall–Kier alpha value is -2.35. The van der Waals surface area contributed by atoms with Gasteiger partial charge < -0.3 is 14.1 Å². The molecule has 0 atom stereocenters. The van der Waals surface area contributed by atoms with Crippen molar-refractivity contribution in [2.75, 3.05) is 11.9 Å². The van der Waals surface area contributed by atoms with Crippen molar-refractivity contribution in [1.29, 1.82) is 0 Å². The molecule has 23 heavy (non-hydrogen) atoms. The monoisotopic (exact) mass is 377 g/mol. The van der Waals surface area contributed by atoms with Crippen molar-refractivity contribution in [2.45, 2.75) is 19.8 Å². The number of imidazole rings is 1. The van der Waals surface area contributed by atoms with Crippen molar-refractivity contribution in [3.05, 3.63) is 46.8 Å². The summed E-state index contributed by atoms with van der Waals surface area (Å²) in [7, 11) is 0. The zero-order valence-electron chi connectivity index (χ0n) is 12.5. The van der Waals surface area contributed by atoms with Gasteiger partial charge in [0.25, 0.3) is 0 Å². The highest BCUT2D eigenvalue weighted by Gasteiger charge is 2.07. The van der Waals surface area contributed by atoms with Gasteiger partial charge in [0.15, 0.2) is 11.7 Å². The third-order valence-corrected chi connectivity index (χ3v) is 3.70. The van der Waals surface area contributed by atoms with E-state index in [0.29, 0.717) is 24.7 Å². The van der Waals surface area contributed by atoms with Gasteiger partial charge in [0.1, 0.15) is 11.4 Å². The molecule has 2 amide bonds. The van der Waals surface area contributed by atoms with E-state index in [2.05, 4.69) is 36.5 Å². The van der Waals surface area contributed by atoms with Gasteiger partial charge in [-0.25, -0.2) is 14.8 Å². The van der Waals surface area contributed by atoms with Crippen LogP contribution in [0.4, 0.5) is 10.6 Å². The van der Waals surface area contributed by atoms with Crippen LogP contribution < -0.4 is 10.6 Å². The van der Waals surface area contributed by atoms with Crippen molar-refractivity contribution in [1.82, 2.24) is 19.7 Å². The number of rotatable bonds is 5. The summed E-state index contributed by atoms with van der Waals surface area (Å²) in [4.78, 5) is 20.3. The average Bonchev–Trinajstić information content (AvgIpc) is 3.12. The second-order valence-electron chi connectivity index (χ2n) is 4.94. The molecule has 3 heterocycles. The SMILES string of the molecule is CCc1cnc(CCNC(=O)Nc2cn3cc(Br)ccc3n2)o1. The van der Waals surface area contributed by atoms with E-state index in [1.807, 2.05) is 29.7 Å². The number of urea groups is 1. The predicted molar refractivity (Wildman–Crippen MR) is 89.5 cm³/mol. The molecule has 0 fully saturated rings. The summed E-state index contributed by atoms with van der Waals surface area (Å²) in [6.07, 6.45) is 6.70. The number of anilines is 1. The molecule has 0 saturated heterocycles. The fraction of sp³-hybridized carbons (Fsp3) is 0.267. The van der Waals surface area contributed by atoms with E-state index in [0.717, 1.165) is 22.3 Å². The molecule has 7 nitrogen and oxygen atoms in total. The molecule has 3 rings (SSSR count). The maximum Gasteiger partial charge on any atom is 0.320 e. The van der Waals surface area contributed by atoms with Crippen LogP contribution in [0, 0.1) is 0 Å². The van der Waals surface area contributed by atoms with E-state index in [4.69, 9.17) is 4.42 Å². The van der Waals surface area contributed by atoms with Crippen LogP contribution in [-0.4, -0.2) is 26.9 Å². The van der Waals surface area contributed by atoms with E-state index in [1.165, 1.54) is 0 Å². The molecule has 0 saturated carbocycles. The molecule has 3 aromatic heterocycles. The molecule has 2 N–H and O–H groups in total. The van der Waals surface area contributed by atoms with Crippen molar-refractivity contribution >= 4 is 33.4 Å². The Balaban J connectivity index is 1.51. The number of aromatic nitrogens is 3. The number of oxazole rings is 1. The normalized spacial score (nSPS) is 10.9. The molecule has 0 radical (unpaired) electrons. The van der Waals surface area contributed by atoms with Crippen LogP contribution in [0.5, 0.6) is 0 Å². The van der Waals surface area contributed by atoms with Crippen LogP contribution in [0.1, 0.15) is 18.6 Å². The summed E-state index contributed by atoms with van der Waals surface area (Å²) in [5.41, 5.74) is 0.760. The van der Waals surface area contributed by atoms with Gasteiger partial charge in [-0.3, -0.25) is 5.32 Å². The zero-order valence-corrected chi connectivity index (χ0v) is 14.1. The van der Waals surface area contributed by atoms with Crippen LogP contribution in [0.2, 0.25) is 0 Å². The van der Waals surface area contributed by atoms with Gasteiger partial charge in [-0.15, -0.1) is 0 Å². The summed E-state index contributed by atoms with van der Waals surface area (Å²) in [5, 5.41) is 5.46. The Morgan fingerprint density at radius 1 is 1.39 bits per heavy atom. The zero-order chi connectivity index (χ0) is 16.2. The summed E-state index contributed by atoms with van der Waals surface area (Å²) >= 11 is 3.39. The highest BCUT2D eigenvalue weighted by atomic mass is 79.9. The maximum atomic E-state index is 11.9. The van der Waals surface area contributed by atoms with Gasteiger partial charge in [-0.05, 0) is 28.1 Å². The number of aryl methyl sites for hydroxylation is 1. The number of hydrogen-bond acceptors (Lipinski definition) is 4. The number of nitrogens with zero attached hydrogens (tertiary/aromatic N) is 3. The van der Waals surface area contributed by atoms with Crippen molar-refractivity contribution < 1.29 is 9.21 Å². The number of hydrogen-bond donors (Lipinski definition) is 2. The molecule has 0 spiro atoms. The first-order chi connectivity index (χ1) is 11.1. The Kier molecular flexibility index (Phi) is 4.61. The molecule has 0 aliphatic rings. The second kappa shape index (κ2) is 6.82. The highest BCUT2D eigenvalue weighted by Crippen LogP contribution is 2.14. The average molecular weight is 378 g/mol. The van der Waals surface area contributed by atoms with Crippen LogP contribution in [0.25, 0.3) is 5.65 Å². The molecule has 0 aliphatic heterocycles. The maximum absolute atomic E-state index is 11.9. The van der Waals surface area contributed by atoms with Gasteiger partial charge in [0, 0.05) is 30.1 Å². The summed E-state index contributed by atoms with van der Waals surface area (Å²) in [5.74, 6) is 1.96. The van der Waals surface area contributed by atoms with E-state index in [9.17, 15) is 4.79 Å². The largest absolute Gasteiger partial charge is 0.446 e. The minimum atomic E-state index is -0.310. The van der Waals surface area contributed by atoms with Crippen molar-refractivity contribution in [3.63, 3.8) is 0 Å². The van der Waals surface area contributed by atoms with Crippen LogP contribution >= 0.6 is 15.9 Å². The Labute approximate surface area is 141 Å². The lowest BCUT2D eigenvalue weighted by Gasteiger charge is -2.03. The Morgan fingerprint density at radius 2 is 2.26 bits per heavy atom. The van der Waals surface area contributed by atoms with Gasteiger partial charge in [-0.2, -0.15) is 0 Å². The standard InChI is InChI=1S/C15H16BrN5O2/c1-2-11-7-18-14(23-11)5-6-17-15(22)20-12-9-21-8-10(16)3-4-13(21)19-12/h3-4,7-9H,2,5-6H2,1H3,(H2,17,20,22). The molecule has 0 unspecified atom stereocenters. The number of carbonyl (C=O) groups excluding carboxylic acids is 1. The summed E-state index contributed by atoms with van der Waals surface area (Å²) < 4.78 is 8.25. The number of fused-ring (bicyclic) bond motifs is 1. The fourth-order valence-electron chi connectivity index (χ4n) is 2.10. The van der Waals surface area contributed by atoms with Gasteiger partial charge in [0.2, 0.25) is 0 Å². The minimum Gasteiger partial charge on any atom is -0.446 e. The Bertz CT molecular complexity index is 826. The molecule has 0 bridgehead atoms. The molecular weight excluding hydrogens is 362 g/mol. The molecule has 120 valence electrons. The molecule has 3 aromatic rings. The topological polar surface area (TPSA) is 84.5 Å². The van der Waals surface area contributed by atoms with Gasteiger partial charge in [-0.1, -0.05) is 6.92 Å². The minimum absolute atomic E-state index is 0.310. The van der Waals surface area contributed by atoms with Crippen LogP contribution in [0.15, 0.2) is 39.6 Å². The number of halogens is 1. The van der Waals surface area contributed by atoms with Gasteiger partial charge in [0.05, 0.1) is 12.4 Å². The number of amides is 2. The first kappa shape index (κ1) is 15.5. The van der Waals surface area contributed by atoms with Crippen molar-refractivity contribution in [3.8, 4) is 0 Å². The smallest absolute Gasteiger partial charge is 0.320 e. The second-order valence-corrected chi connectivity index (χ2v) is 5.86. The molecule has 0 aliphatic carbocycles. The quantitative estimate of drug-likeness (QED) is 0.715. The molecule has 8 heteroatoms. The molecule has 0 aromatic carbocycles. The van der Waals surface area contributed by atoms with Crippen LogP contribution in [-0.2, 0) is 12.8 Å². The number of carbonyl (C=O) groups is 1. The third kappa shape index (κ3) is 3.89. The predicted octanol–water partition coefficient (Wildman–Crippen LogP) is 3.01. The molecular formula is C15H16BrN5O2. The lowest BCUT2D eigenvalue weighted by molar-refractivity contribution is 0.252. The summed E-state index contributed by atoms with van der Waals surface area (Å²) in [6, 6.07) is 3.45. The van der Waals surface area contributed by atoms with Crippen molar-refractivity contribution in [2.24, 2.45) is 0 Å². The third-order valence-electron chi connectivity index (χ3n) is 3.23. The fourth-order valence-corrected chi connectivity index (χ4v) is 2.45. The van der Waals surface area contributed by atoms with E-state index in [-0.39, 0.29) is 6.03 Å².